The van der Waals surface area contributed by atoms with E-state index in [-0.39, 0.29) is 18.4 Å². The summed E-state index contributed by atoms with van der Waals surface area (Å²) in [4.78, 5) is 26.5. The molecule has 0 aromatic heterocycles. The van der Waals surface area contributed by atoms with Crippen molar-refractivity contribution in [3.63, 3.8) is 0 Å². The van der Waals surface area contributed by atoms with Crippen LogP contribution in [0.15, 0.2) is 0 Å². The third-order valence-electron chi connectivity index (χ3n) is 4.13. The second-order valence-corrected chi connectivity index (χ2v) is 5.94. The fourth-order valence-corrected chi connectivity index (χ4v) is 3.08. The van der Waals surface area contributed by atoms with E-state index in [2.05, 4.69) is 0 Å². The molecular weight excluding hydrogens is 260 g/mol. The van der Waals surface area contributed by atoms with E-state index < -0.39 is 5.97 Å². The number of nitrogens with zero attached hydrogens (tertiary/aromatic N) is 2. The van der Waals surface area contributed by atoms with E-state index in [1.807, 2.05) is 7.05 Å². The van der Waals surface area contributed by atoms with Crippen LogP contribution in [0.2, 0.25) is 0 Å². The van der Waals surface area contributed by atoms with Crippen molar-refractivity contribution in [3.05, 3.63) is 0 Å². The Bertz CT molecular complexity index is 355. The van der Waals surface area contributed by atoms with Gasteiger partial charge in [0.05, 0.1) is 6.61 Å². The third kappa shape index (κ3) is 4.10. The van der Waals surface area contributed by atoms with Gasteiger partial charge in [-0.2, -0.15) is 0 Å². The molecule has 20 heavy (non-hydrogen) atoms. The van der Waals surface area contributed by atoms with Crippen molar-refractivity contribution >= 4 is 12.0 Å². The highest BCUT2D eigenvalue weighted by Crippen LogP contribution is 2.21. The zero-order valence-corrected chi connectivity index (χ0v) is 12.1. The molecule has 2 unspecified atom stereocenters. The molecule has 0 radical (unpaired) electrons. The van der Waals surface area contributed by atoms with Crippen LogP contribution in [0.4, 0.5) is 4.79 Å². The molecule has 0 aromatic carbocycles. The normalized spacial score (nSPS) is 26.6. The number of urea groups is 1. The smallest absolute Gasteiger partial charge is 0.319 e. The zero-order chi connectivity index (χ0) is 14.5. The van der Waals surface area contributed by atoms with Crippen LogP contribution in [0, 0.1) is 11.8 Å². The van der Waals surface area contributed by atoms with Crippen molar-refractivity contribution in [2.75, 3.05) is 39.9 Å². The van der Waals surface area contributed by atoms with E-state index in [9.17, 15) is 9.59 Å². The van der Waals surface area contributed by atoms with Gasteiger partial charge in [-0.05, 0) is 25.2 Å². The SMILES string of the molecule is CN(CC1CCCOC1)C(=O)N1CCC(CC(=O)O)C1. The van der Waals surface area contributed by atoms with Gasteiger partial charge in [-0.3, -0.25) is 4.79 Å². The highest BCUT2D eigenvalue weighted by Gasteiger charge is 2.30. The molecule has 6 nitrogen and oxygen atoms in total. The van der Waals surface area contributed by atoms with Crippen LogP contribution in [0.25, 0.3) is 0 Å². The topological polar surface area (TPSA) is 70.1 Å². The summed E-state index contributed by atoms with van der Waals surface area (Å²) in [5, 5.41) is 8.80. The molecule has 0 bridgehead atoms. The van der Waals surface area contributed by atoms with Crippen LogP contribution in [-0.2, 0) is 9.53 Å². The number of hydrogen-bond donors (Lipinski definition) is 1. The van der Waals surface area contributed by atoms with E-state index >= 15 is 0 Å². The quantitative estimate of drug-likeness (QED) is 0.844. The average Bonchev–Trinajstić information content (AvgIpc) is 2.86. The van der Waals surface area contributed by atoms with Gasteiger partial charge in [-0.15, -0.1) is 0 Å². The Hall–Kier alpha value is -1.30. The maximum Gasteiger partial charge on any atom is 0.319 e. The highest BCUT2D eigenvalue weighted by molar-refractivity contribution is 5.74. The number of carboxylic acids is 1. The first-order valence-corrected chi connectivity index (χ1v) is 7.36. The van der Waals surface area contributed by atoms with Gasteiger partial charge in [0.15, 0.2) is 0 Å². The summed E-state index contributed by atoms with van der Waals surface area (Å²) in [5.41, 5.74) is 0. The van der Waals surface area contributed by atoms with E-state index in [0.29, 0.717) is 19.0 Å². The number of carboxylic acid groups (broad SMARTS) is 1. The van der Waals surface area contributed by atoms with Gasteiger partial charge >= 0.3 is 12.0 Å². The lowest BCUT2D eigenvalue weighted by molar-refractivity contribution is -0.138. The van der Waals surface area contributed by atoms with Crippen LogP contribution < -0.4 is 0 Å². The van der Waals surface area contributed by atoms with Gasteiger partial charge in [0.2, 0.25) is 0 Å². The second-order valence-electron chi connectivity index (χ2n) is 5.94. The summed E-state index contributed by atoms with van der Waals surface area (Å²) in [6.07, 6.45) is 3.12. The number of ether oxygens (including phenoxy) is 1. The van der Waals surface area contributed by atoms with Crippen molar-refractivity contribution in [2.45, 2.75) is 25.7 Å². The molecule has 0 aromatic rings. The van der Waals surface area contributed by atoms with Gasteiger partial charge in [0.25, 0.3) is 0 Å². The van der Waals surface area contributed by atoms with E-state index in [0.717, 1.165) is 39.0 Å². The Labute approximate surface area is 119 Å². The maximum atomic E-state index is 12.3. The number of likely N-dealkylation sites (tertiary alicyclic amines) is 1. The number of aliphatic carboxylic acids is 1. The average molecular weight is 284 g/mol. The Kier molecular flexibility index (Phi) is 5.23. The van der Waals surface area contributed by atoms with Crippen LogP contribution in [0.1, 0.15) is 25.7 Å². The molecule has 2 fully saturated rings. The Morgan fingerprint density at radius 1 is 1.35 bits per heavy atom. The van der Waals surface area contributed by atoms with Crippen molar-refractivity contribution in [1.29, 1.82) is 0 Å². The van der Waals surface area contributed by atoms with Crippen molar-refractivity contribution in [1.82, 2.24) is 9.80 Å². The van der Waals surface area contributed by atoms with Crippen molar-refractivity contribution < 1.29 is 19.4 Å². The summed E-state index contributed by atoms with van der Waals surface area (Å²) < 4.78 is 5.43. The van der Waals surface area contributed by atoms with Crippen LogP contribution in [0.5, 0.6) is 0 Å². The molecule has 2 amide bonds. The number of hydrogen-bond acceptors (Lipinski definition) is 3. The minimum absolute atomic E-state index is 0.0171. The maximum absolute atomic E-state index is 12.3. The van der Waals surface area contributed by atoms with Crippen LogP contribution in [-0.4, -0.2) is 66.8 Å². The molecule has 114 valence electrons. The van der Waals surface area contributed by atoms with E-state index in [4.69, 9.17) is 9.84 Å². The number of carbonyl (C=O) groups is 2. The lowest BCUT2D eigenvalue weighted by Gasteiger charge is -2.30. The first-order valence-electron chi connectivity index (χ1n) is 7.36. The second kappa shape index (κ2) is 6.92. The minimum Gasteiger partial charge on any atom is -0.481 e. The lowest BCUT2D eigenvalue weighted by atomic mass is 10.0. The van der Waals surface area contributed by atoms with Gasteiger partial charge in [-0.25, -0.2) is 4.79 Å². The summed E-state index contributed by atoms with van der Waals surface area (Å²) >= 11 is 0. The molecule has 0 spiro atoms. The standard InChI is InChI=1S/C14H24N2O4/c1-15(8-12-3-2-6-20-10-12)14(19)16-5-4-11(9-16)7-13(17)18/h11-12H,2-10H2,1H3,(H,17,18). The molecule has 2 aliphatic heterocycles. The van der Waals surface area contributed by atoms with Gasteiger partial charge < -0.3 is 19.6 Å². The van der Waals surface area contributed by atoms with E-state index in [1.165, 1.54) is 0 Å². The predicted molar refractivity (Wildman–Crippen MR) is 73.5 cm³/mol. The molecule has 1 N–H and O–H groups in total. The third-order valence-corrected chi connectivity index (χ3v) is 4.13. The molecule has 2 rings (SSSR count). The Morgan fingerprint density at radius 3 is 2.80 bits per heavy atom. The van der Waals surface area contributed by atoms with Gasteiger partial charge in [0, 0.05) is 45.6 Å². The largest absolute Gasteiger partial charge is 0.481 e. The molecule has 0 saturated carbocycles. The minimum atomic E-state index is -0.781. The lowest BCUT2D eigenvalue weighted by Crippen LogP contribution is -2.43. The fourth-order valence-electron chi connectivity index (χ4n) is 3.08. The Balaban J connectivity index is 1.77. The van der Waals surface area contributed by atoms with Crippen LogP contribution in [0.3, 0.4) is 0 Å². The van der Waals surface area contributed by atoms with Crippen molar-refractivity contribution in [2.24, 2.45) is 11.8 Å². The summed E-state index contributed by atoms with van der Waals surface area (Å²) in [5.74, 6) is -0.255. The summed E-state index contributed by atoms with van der Waals surface area (Å²) in [7, 11) is 1.82. The van der Waals surface area contributed by atoms with Gasteiger partial charge in [-0.1, -0.05) is 0 Å². The molecule has 2 atom stereocenters. The van der Waals surface area contributed by atoms with Crippen LogP contribution >= 0.6 is 0 Å². The number of rotatable bonds is 4. The summed E-state index contributed by atoms with van der Waals surface area (Å²) in [6, 6.07) is 0.0171. The zero-order valence-electron chi connectivity index (χ0n) is 12.1. The molecule has 2 saturated heterocycles. The molecule has 2 heterocycles. The molecular formula is C14H24N2O4. The van der Waals surface area contributed by atoms with Crippen molar-refractivity contribution in [3.8, 4) is 0 Å². The molecule has 2 aliphatic rings. The number of amides is 2. The Morgan fingerprint density at radius 2 is 2.15 bits per heavy atom. The number of carbonyl (C=O) groups excluding carboxylic acids is 1. The molecule has 6 heteroatoms. The summed E-state index contributed by atoms with van der Waals surface area (Å²) in [6.45, 7) is 3.52. The fraction of sp³-hybridized carbons (Fsp3) is 0.857. The first kappa shape index (κ1) is 15.1. The predicted octanol–water partition coefficient (Wildman–Crippen LogP) is 1.26. The monoisotopic (exact) mass is 284 g/mol. The highest BCUT2D eigenvalue weighted by atomic mass is 16.5. The van der Waals surface area contributed by atoms with E-state index in [1.54, 1.807) is 9.80 Å². The van der Waals surface area contributed by atoms with Gasteiger partial charge in [0.1, 0.15) is 0 Å². The molecule has 0 aliphatic carbocycles. The first-order chi connectivity index (χ1) is 9.56.